The Morgan fingerprint density at radius 1 is 1.43 bits per heavy atom. The van der Waals surface area contributed by atoms with Crippen molar-refractivity contribution in [2.75, 3.05) is 13.1 Å². The highest BCUT2D eigenvalue weighted by molar-refractivity contribution is 7.11. The van der Waals surface area contributed by atoms with Crippen LogP contribution in [0.5, 0.6) is 0 Å². The number of hydrogen-bond donors (Lipinski definition) is 1. The fraction of sp³-hybridized carbons (Fsp3) is 0.588. The molecule has 1 N–H and O–H groups in total. The normalized spacial score (nSPS) is 18.4. The number of nitrogens with one attached hydrogen (secondary N) is 1. The summed E-state index contributed by atoms with van der Waals surface area (Å²) < 4.78 is 0. The Balaban J connectivity index is 1.59. The highest BCUT2D eigenvalue weighted by Crippen LogP contribution is 2.30. The van der Waals surface area contributed by atoms with Crippen molar-refractivity contribution in [1.29, 1.82) is 0 Å². The number of carbonyl (C=O) groups excluding carboxylic acids is 1. The van der Waals surface area contributed by atoms with Gasteiger partial charge < -0.3 is 4.90 Å². The van der Waals surface area contributed by atoms with Gasteiger partial charge in [0.25, 0.3) is 0 Å². The Morgan fingerprint density at radius 3 is 2.91 bits per heavy atom. The van der Waals surface area contributed by atoms with Crippen molar-refractivity contribution in [3.05, 3.63) is 33.0 Å². The van der Waals surface area contributed by atoms with Gasteiger partial charge in [-0.1, -0.05) is 0 Å². The maximum atomic E-state index is 12.6. The smallest absolute Gasteiger partial charge is 0.222 e. The first-order valence-corrected chi connectivity index (χ1v) is 9.06. The molecule has 0 aliphatic carbocycles. The number of hydrogen-bond acceptors (Lipinski definition) is 4. The Kier molecular flexibility index (Phi) is 4.80. The number of aromatic amines is 1. The minimum absolute atomic E-state index is 0.253. The van der Waals surface area contributed by atoms with E-state index < -0.39 is 0 Å². The minimum atomic E-state index is 0.253. The van der Waals surface area contributed by atoms with Crippen molar-refractivity contribution in [1.82, 2.24) is 20.1 Å². The van der Waals surface area contributed by atoms with Crippen molar-refractivity contribution in [2.45, 2.75) is 52.4 Å². The molecule has 0 aromatic carbocycles. The van der Waals surface area contributed by atoms with E-state index in [1.165, 1.54) is 15.4 Å². The number of aromatic nitrogens is 3. The van der Waals surface area contributed by atoms with Gasteiger partial charge in [-0.2, -0.15) is 5.10 Å². The van der Waals surface area contributed by atoms with Crippen LogP contribution in [0, 0.1) is 20.8 Å². The van der Waals surface area contributed by atoms with Crippen LogP contribution in [-0.4, -0.2) is 39.1 Å². The summed E-state index contributed by atoms with van der Waals surface area (Å²) >= 11 is 1.76. The molecular formula is C17H24N4OS. The summed E-state index contributed by atoms with van der Waals surface area (Å²) in [6.07, 6.45) is 5.47. The SMILES string of the molecule is Cc1cnc([C@@H]2CCCN(C(=O)CCc3c(C)n[nH]c3C)C2)s1. The van der Waals surface area contributed by atoms with Gasteiger partial charge in [0.15, 0.2) is 0 Å². The van der Waals surface area contributed by atoms with Gasteiger partial charge in [0, 0.05) is 42.2 Å². The molecule has 0 spiro atoms. The number of H-pyrrole nitrogens is 1. The zero-order valence-electron chi connectivity index (χ0n) is 14.1. The van der Waals surface area contributed by atoms with Gasteiger partial charge >= 0.3 is 0 Å². The number of nitrogens with zero attached hydrogens (tertiary/aromatic N) is 3. The summed E-state index contributed by atoms with van der Waals surface area (Å²) in [7, 11) is 0. The molecule has 1 saturated heterocycles. The maximum absolute atomic E-state index is 12.6. The molecule has 3 heterocycles. The second kappa shape index (κ2) is 6.83. The number of piperidine rings is 1. The summed E-state index contributed by atoms with van der Waals surface area (Å²) in [5.41, 5.74) is 3.26. The lowest BCUT2D eigenvalue weighted by Gasteiger charge is -2.32. The summed E-state index contributed by atoms with van der Waals surface area (Å²) in [5, 5.41) is 8.38. The van der Waals surface area contributed by atoms with E-state index in [0.29, 0.717) is 12.3 Å². The average molecular weight is 332 g/mol. The van der Waals surface area contributed by atoms with Crippen LogP contribution in [-0.2, 0) is 11.2 Å². The fourth-order valence-corrected chi connectivity index (χ4v) is 4.20. The van der Waals surface area contributed by atoms with E-state index >= 15 is 0 Å². The minimum Gasteiger partial charge on any atom is -0.342 e. The summed E-state index contributed by atoms with van der Waals surface area (Å²) in [4.78, 5) is 20.4. The second-order valence-corrected chi connectivity index (χ2v) is 7.67. The Labute approximate surface area is 141 Å². The molecular weight excluding hydrogens is 308 g/mol. The van der Waals surface area contributed by atoms with Crippen molar-refractivity contribution >= 4 is 17.2 Å². The van der Waals surface area contributed by atoms with Gasteiger partial charge in [-0.3, -0.25) is 9.89 Å². The van der Waals surface area contributed by atoms with E-state index in [2.05, 4.69) is 22.1 Å². The summed E-state index contributed by atoms with van der Waals surface area (Å²) in [5.74, 6) is 0.659. The van der Waals surface area contributed by atoms with Crippen molar-refractivity contribution in [2.24, 2.45) is 0 Å². The van der Waals surface area contributed by atoms with Gasteiger partial charge in [-0.05, 0) is 45.6 Å². The van der Waals surface area contributed by atoms with Gasteiger partial charge in [0.1, 0.15) is 0 Å². The molecule has 0 unspecified atom stereocenters. The lowest BCUT2D eigenvalue weighted by molar-refractivity contribution is -0.132. The quantitative estimate of drug-likeness (QED) is 0.935. The number of rotatable bonds is 4. The van der Waals surface area contributed by atoms with E-state index in [1.54, 1.807) is 11.3 Å². The molecule has 3 rings (SSSR count). The third-order valence-electron chi connectivity index (χ3n) is 4.63. The third-order valence-corrected chi connectivity index (χ3v) is 5.71. The highest BCUT2D eigenvalue weighted by Gasteiger charge is 2.26. The van der Waals surface area contributed by atoms with E-state index in [4.69, 9.17) is 0 Å². The lowest BCUT2D eigenvalue weighted by Crippen LogP contribution is -2.39. The van der Waals surface area contributed by atoms with Crippen molar-refractivity contribution in [3.63, 3.8) is 0 Å². The van der Waals surface area contributed by atoms with E-state index in [-0.39, 0.29) is 5.91 Å². The Bertz CT molecular complexity index is 671. The second-order valence-electron chi connectivity index (χ2n) is 6.40. The van der Waals surface area contributed by atoms with Crippen LogP contribution in [0.1, 0.15) is 52.0 Å². The molecule has 23 heavy (non-hydrogen) atoms. The van der Waals surface area contributed by atoms with Gasteiger partial charge in [-0.25, -0.2) is 4.98 Å². The Morgan fingerprint density at radius 2 is 2.26 bits per heavy atom. The maximum Gasteiger partial charge on any atom is 0.222 e. The first-order chi connectivity index (χ1) is 11.0. The largest absolute Gasteiger partial charge is 0.342 e. The van der Waals surface area contributed by atoms with Crippen LogP contribution >= 0.6 is 11.3 Å². The number of amides is 1. The molecule has 1 atom stereocenters. The molecule has 2 aromatic heterocycles. The lowest BCUT2D eigenvalue weighted by atomic mass is 9.98. The Hall–Kier alpha value is -1.69. The predicted octanol–water partition coefficient (Wildman–Crippen LogP) is 3.13. The molecule has 0 saturated carbocycles. The van der Waals surface area contributed by atoms with Crippen LogP contribution in [0.2, 0.25) is 0 Å². The van der Waals surface area contributed by atoms with Gasteiger partial charge in [-0.15, -0.1) is 11.3 Å². The van der Waals surface area contributed by atoms with Crippen LogP contribution < -0.4 is 0 Å². The molecule has 1 aliphatic rings. The highest BCUT2D eigenvalue weighted by atomic mass is 32.1. The summed E-state index contributed by atoms with van der Waals surface area (Å²) in [6.45, 7) is 7.78. The molecule has 6 heteroatoms. The average Bonchev–Trinajstić information content (AvgIpc) is 3.12. The van der Waals surface area contributed by atoms with Crippen molar-refractivity contribution in [3.8, 4) is 0 Å². The van der Waals surface area contributed by atoms with Crippen LogP contribution in [0.15, 0.2) is 6.20 Å². The molecule has 1 aliphatic heterocycles. The number of aryl methyl sites for hydroxylation is 3. The topological polar surface area (TPSA) is 61.9 Å². The number of thiazole rings is 1. The molecule has 2 aromatic rings. The standard InChI is InChI=1S/C17H24N4OS/c1-11-9-18-17(23-11)14-5-4-8-21(10-14)16(22)7-6-15-12(2)19-20-13(15)3/h9,14H,4-8,10H2,1-3H3,(H,19,20)/t14-/m1/s1. The van der Waals surface area contributed by atoms with Crippen molar-refractivity contribution < 1.29 is 4.79 Å². The molecule has 1 amide bonds. The molecule has 1 fully saturated rings. The molecule has 0 radical (unpaired) electrons. The number of likely N-dealkylation sites (tertiary alicyclic amines) is 1. The zero-order valence-corrected chi connectivity index (χ0v) is 14.9. The fourth-order valence-electron chi connectivity index (χ4n) is 3.30. The molecule has 0 bridgehead atoms. The van der Waals surface area contributed by atoms with Crippen LogP contribution in [0.3, 0.4) is 0 Å². The first-order valence-electron chi connectivity index (χ1n) is 8.25. The molecule has 124 valence electrons. The first kappa shape index (κ1) is 16.2. The monoisotopic (exact) mass is 332 g/mol. The van der Waals surface area contributed by atoms with E-state index in [1.807, 2.05) is 24.9 Å². The number of carbonyl (C=O) groups is 1. The van der Waals surface area contributed by atoms with Crippen LogP contribution in [0.4, 0.5) is 0 Å². The summed E-state index contributed by atoms with van der Waals surface area (Å²) in [6, 6.07) is 0. The van der Waals surface area contributed by atoms with Crippen LogP contribution in [0.25, 0.3) is 0 Å². The van der Waals surface area contributed by atoms with E-state index in [0.717, 1.165) is 43.7 Å². The molecule has 5 nitrogen and oxygen atoms in total. The third kappa shape index (κ3) is 3.63. The van der Waals surface area contributed by atoms with Gasteiger partial charge in [0.05, 0.1) is 10.7 Å². The zero-order chi connectivity index (χ0) is 16.4. The van der Waals surface area contributed by atoms with Gasteiger partial charge in [0.2, 0.25) is 5.91 Å². The van der Waals surface area contributed by atoms with E-state index in [9.17, 15) is 4.79 Å². The predicted molar refractivity (Wildman–Crippen MR) is 91.8 cm³/mol.